The van der Waals surface area contributed by atoms with Gasteiger partial charge in [-0.3, -0.25) is 0 Å². The number of ether oxygens (including phenoxy) is 1. The fourth-order valence-corrected chi connectivity index (χ4v) is 3.38. The number of nitrogens with one attached hydrogen (secondary N) is 1. The van der Waals surface area contributed by atoms with Crippen LogP contribution in [-0.4, -0.2) is 25.3 Å². The molecule has 1 fully saturated rings. The topological polar surface area (TPSA) is 21.3 Å². The Bertz CT molecular complexity index is 209. The minimum absolute atomic E-state index is 0.120. The van der Waals surface area contributed by atoms with Gasteiger partial charge >= 0.3 is 0 Å². The quantitative estimate of drug-likeness (QED) is 0.485. The van der Waals surface area contributed by atoms with E-state index < -0.39 is 0 Å². The van der Waals surface area contributed by atoms with Crippen LogP contribution in [0.1, 0.15) is 84.5 Å². The zero-order valence-electron chi connectivity index (χ0n) is 13.5. The van der Waals surface area contributed by atoms with Crippen molar-refractivity contribution in [1.29, 1.82) is 0 Å². The summed E-state index contributed by atoms with van der Waals surface area (Å²) in [4.78, 5) is 0. The molecule has 2 nitrogen and oxygen atoms in total. The summed E-state index contributed by atoms with van der Waals surface area (Å²) in [6, 6.07) is 0. The molecule has 0 amide bonds. The van der Waals surface area contributed by atoms with Gasteiger partial charge in [-0.2, -0.15) is 0 Å². The van der Waals surface area contributed by atoms with E-state index >= 15 is 0 Å². The largest absolute Gasteiger partial charge is 0.371 e. The molecule has 1 unspecified atom stereocenters. The monoisotopic (exact) mass is 269 g/mol. The van der Waals surface area contributed by atoms with Gasteiger partial charge in [0.25, 0.3) is 0 Å². The molecule has 1 atom stereocenters. The minimum Gasteiger partial charge on any atom is -0.371 e. The summed E-state index contributed by atoms with van der Waals surface area (Å²) < 4.78 is 6.52. The van der Waals surface area contributed by atoms with Crippen LogP contribution in [-0.2, 0) is 4.74 Å². The molecule has 1 rings (SSSR count). The zero-order valence-corrected chi connectivity index (χ0v) is 13.5. The first kappa shape index (κ1) is 17.0. The Labute approximate surface area is 120 Å². The molecular formula is C17H35NO. The molecule has 0 aliphatic heterocycles. The highest BCUT2D eigenvalue weighted by Crippen LogP contribution is 2.32. The van der Waals surface area contributed by atoms with Crippen molar-refractivity contribution in [3.8, 4) is 0 Å². The molecule has 114 valence electrons. The van der Waals surface area contributed by atoms with Gasteiger partial charge in [-0.1, -0.05) is 58.3 Å². The maximum absolute atomic E-state index is 6.52. The van der Waals surface area contributed by atoms with Crippen molar-refractivity contribution in [3.05, 3.63) is 0 Å². The van der Waals surface area contributed by atoms with E-state index in [1.54, 1.807) is 0 Å². The lowest BCUT2D eigenvalue weighted by Crippen LogP contribution is -2.44. The smallest absolute Gasteiger partial charge is 0.0809 e. The Morgan fingerprint density at radius 1 is 1.05 bits per heavy atom. The second-order valence-corrected chi connectivity index (χ2v) is 6.41. The van der Waals surface area contributed by atoms with Crippen LogP contribution < -0.4 is 5.32 Å². The van der Waals surface area contributed by atoms with E-state index in [0.717, 1.165) is 6.54 Å². The lowest BCUT2D eigenvalue weighted by molar-refractivity contribution is -0.0965. The third kappa shape index (κ3) is 6.76. The second kappa shape index (κ2) is 9.77. The van der Waals surface area contributed by atoms with Gasteiger partial charge in [0.1, 0.15) is 0 Å². The summed E-state index contributed by atoms with van der Waals surface area (Å²) in [7, 11) is 2.06. The predicted molar refractivity (Wildman–Crippen MR) is 83.7 cm³/mol. The van der Waals surface area contributed by atoms with Crippen LogP contribution in [0.2, 0.25) is 0 Å². The molecule has 0 aromatic heterocycles. The van der Waals surface area contributed by atoms with E-state index in [1.165, 1.54) is 70.6 Å². The highest BCUT2D eigenvalue weighted by atomic mass is 16.5. The van der Waals surface area contributed by atoms with Gasteiger partial charge in [0.05, 0.1) is 11.7 Å². The second-order valence-electron chi connectivity index (χ2n) is 6.41. The number of hydrogen-bond donors (Lipinski definition) is 1. The van der Waals surface area contributed by atoms with Crippen LogP contribution in [0.15, 0.2) is 0 Å². The van der Waals surface area contributed by atoms with Gasteiger partial charge < -0.3 is 10.1 Å². The van der Waals surface area contributed by atoms with E-state index in [0.29, 0.717) is 6.10 Å². The highest BCUT2D eigenvalue weighted by molar-refractivity contribution is 4.86. The van der Waals surface area contributed by atoms with Crippen molar-refractivity contribution >= 4 is 0 Å². The van der Waals surface area contributed by atoms with Crippen LogP contribution in [0.3, 0.4) is 0 Å². The molecule has 0 aromatic carbocycles. The summed E-state index contributed by atoms with van der Waals surface area (Å²) in [5.41, 5.74) is 0.120. The lowest BCUT2D eigenvalue weighted by Gasteiger charge is -2.36. The van der Waals surface area contributed by atoms with Crippen LogP contribution in [0.5, 0.6) is 0 Å². The summed E-state index contributed by atoms with van der Waals surface area (Å²) in [6.07, 6.45) is 15.0. The van der Waals surface area contributed by atoms with Crippen molar-refractivity contribution in [1.82, 2.24) is 5.32 Å². The van der Waals surface area contributed by atoms with Gasteiger partial charge in [0.2, 0.25) is 0 Å². The number of rotatable bonds is 9. The van der Waals surface area contributed by atoms with Crippen molar-refractivity contribution < 1.29 is 4.74 Å². The third-order valence-corrected chi connectivity index (χ3v) is 4.43. The highest BCUT2D eigenvalue weighted by Gasteiger charge is 2.32. The molecule has 0 radical (unpaired) electrons. The average molecular weight is 269 g/mol. The van der Waals surface area contributed by atoms with Crippen LogP contribution in [0, 0.1) is 0 Å². The van der Waals surface area contributed by atoms with Crippen molar-refractivity contribution in [2.75, 3.05) is 13.6 Å². The zero-order chi connectivity index (χ0) is 14.0. The third-order valence-electron chi connectivity index (χ3n) is 4.43. The fraction of sp³-hybridized carbons (Fsp3) is 1.00. The van der Waals surface area contributed by atoms with E-state index in [-0.39, 0.29) is 5.60 Å². The summed E-state index contributed by atoms with van der Waals surface area (Å²) in [5.74, 6) is 0. The fourth-order valence-electron chi connectivity index (χ4n) is 3.38. The Balaban J connectivity index is 2.38. The first-order valence-corrected chi connectivity index (χ1v) is 8.55. The van der Waals surface area contributed by atoms with Crippen LogP contribution >= 0.6 is 0 Å². The molecule has 0 saturated heterocycles. The van der Waals surface area contributed by atoms with Gasteiger partial charge in [-0.25, -0.2) is 0 Å². The Morgan fingerprint density at radius 3 is 2.32 bits per heavy atom. The molecule has 0 bridgehead atoms. The van der Waals surface area contributed by atoms with Crippen LogP contribution in [0.25, 0.3) is 0 Å². The Morgan fingerprint density at radius 2 is 1.74 bits per heavy atom. The molecule has 0 aromatic rings. The number of likely N-dealkylation sites (N-methyl/N-ethyl adjacent to an activating group) is 1. The number of hydrogen-bond acceptors (Lipinski definition) is 2. The summed E-state index contributed by atoms with van der Waals surface area (Å²) in [6.45, 7) is 5.56. The summed E-state index contributed by atoms with van der Waals surface area (Å²) in [5, 5.41) is 3.36. The maximum Gasteiger partial charge on any atom is 0.0809 e. The predicted octanol–water partition coefficient (Wildman–Crippen LogP) is 4.67. The minimum atomic E-state index is 0.120. The van der Waals surface area contributed by atoms with Gasteiger partial charge in [0, 0.05) is 6.54 Å². The van der Waals surface area contributed by atoms with E-state index in [2.05, 4.69) is 26.2 Å². The Kier molecular flexibility index (Phi) is 8.72. The molecule has 1 saturated carbocycles. The standard InChI is InChI=1S/C17H35NO/c1-4-5-6-9-12-16(2)19-17(15-18-3)13-10-7-8-11-14-17/h16,18H,4-15H2,1-3H3. The van der Waals surface area contributed by atoms with E-state index in [4.69, 9.17) is 4.74 Å². The van der Waals surface area contributed by atoms with Crippen molar-refractivity contribution in [2.45, 2.75) is 96.2 Å². The van der Waals surface area contributed by atoms with Crippen molar-refractivity contribution in [2.24, 2.45) is 0 Å². The van der Waals surface area contributed by atoms with Gasteiger partial charge in [-0.05, 0) is 33.2 Å². The molecule has 2 heteroatoms. The lowest BCUT2D eigenvalue weighted by atomic mass is 9.93. The van der Waals surface area contributed by atoms with Gasteiger partial charge in [-0.15, -0.1) is 0 Å². The average Bonchev–Trinajstić information content (AvgIpc) is 2.61. The van der Waals surface area contributed by atoms with Crippen molar-refractivity contribution in [3.63, 3.8) is 0 Å². The molecular weight excluding hydrogens is 234 g/mol. The van der Waals surface area contributed by atoms with E-state index in [9.17, 15) is 0 Å². The normalized spacial score (nSPS) is 21.0. The molecule has 1 aliphatic carbocycles. The molecule has 0 spiro atoms. The Hall–Kier alpha value is -0.0800. The first-order valence-electron chi connectivity index (χ1n) is 8.55. The van der Waals surface area contributed by atoms with Gasteiger partial charge in [0.15, 0.2) is 0 Å². The summed E-state index contributed by atoms with van der Waals surface area (Å²) >= 11 is 0. The maximum atomic E-state index is 6.52. The molecule has 0 heterocycles. The number of unbranched alkanes of at least 4 members (excludes halogenated alkanes) is 3. The molecule has 19 heavy (non-hydrogen) atoms. The SMILES string of the molecule is CCCCCCC(C)OC1(CNC)CCCCCC1. The van der Waals surface area contributed by atoms with E-state index in [1.807, 2.05) is 0 Å². The molecule has 1 N–H and O–H groups in total. The van der Waals surface area contributed by atoms with Crippen LogP contribution in [0.4, 0.5) is 0 Å². The first-order chi connectivity index (χ1) is 9.22. The molecule has 1 aliphatic rings.